The van der Waals surface area contributed by atoms with Crippen LogP contribution in [-0.2, 0) is 4.74 Å². The number of aromatic nitrogens is 2. The van der Waals surface area contributed by atoms with Gasteiger partial charge in [-0.25, -0.2) is 9.59 Å². The minimum absolute atomic E-state index is 0.110. The van der Waals surface area contributed by atoms with E-state index in [4.69, 9.17) is 4.74 Å². The Bertz CT molecular complexity index is 713. The summed E-state index contributed by atoms with van der Waals surface area (Å²) >= 11 is 1.41. The molecule has 1 aromatic heterocycles. The Hall–Kier alpha value is -2.08. The lowest BCUT2D eigenvalue weighted by molar-refractivity contribution is 0.0594. The SMILES string of the molecule is CCC(Sc1nc(=O)[nH]c(C)c1C(=O)OC)c1ccccc1. The second kappa shape index (κ2) is 7.26. The molecule has 6 heteroatoms. The number of thioether (sulfide) groups is 1. The van der Waals surface area contributed by atoms with Gasteiger partial charge < -0.3 is 9.72 Å². The Morgan fingerprint density at radius 1 is 1.36 bits per heavy atom. The molecule has 0 spiro atoms. The molecule has 22 heavy (non-hydrogen) atoms. The predicted molar refractivity (Wildman–Crippen MR) is 86.3 cm³/mol. The lowest BCUT2D eigenvalue weighted by Crippen LogP contribution is -2.19. The summed E-state index contributed by atoms with van der Waals surface area (Å²) in [5.74, 6) is -0.494. The highest BCUT2D eigenvalue weighted by Crippen LogP contribution is 2.38. The highest BCUT2D eigenvalue weighted by molar-refractivity contribution is 7.99. The standard InChI is InChI=1S/C16H18N2O3S/c1-4-12(11-8-6-5-7-9-11)22-14-13(15(19)21-3)10(2)17-16(20)18-14/h5-9,12H,4H2,1-3H3,(H,17,18,20). The van der Waals surface area contributed by atoms with Gasteiger partial charge in [0.15, 0.2) is 0 Å². The fraction of sp³-hybridized carbons (Fsp3) is 0.312. The Morgan fingerprint density at radius 3 is 2.64 bits per heavy atom. The van der Waals surface area contributed by atoms with E-state index >= 15 is 0 Å². The summed E-state index contributed by atoms with van der Waals surface area (Å²) in [5.41, 5.74) is 1.46. The monoisotopic (exact) mass is 318 g/mol. The molecule has 0 aliphatic rings. The van der Waals surface area contributed by atoms with Gasteiger partial charge in [0.25, 0.3) is 0 Å². The molecular formula is C16H18N2O3S. The van der Waals surface area contributed by atoms with E-state index in [1.54, 1.807) is 6.92 Å². The van der Waals surface area contributed by atoms with E-state index in [2.05, 4.69) is 16.9 Å². The number of benzene rings is 1. The van der Waals surface area contributed by atoms with Crippen molar-refractivity contribution in [3.8, 4) is 0 Å². The normalized spacial score (nSPS) is 12.0. The molecule has 1 heterocycles. The van der Waals surface area contributed by atoms with E-state index < -0.39 is 11.7 Å². The van der Waals surface area contributed by atoms with Gasteiger partial charge in [-0.15, -0.1) is 0 Å². The zero-order chi connectivity index (χ0) is 16.1. The van der Waals surface area contributed by atoms with E-state index in [0.29, 0.717) is 16.3 Å². The maximum Gasteiger partial charge on any atom is 0.346 e. The molecule has 1 unspecified atom stereocenters. The van der Waals surface area contributed by atoms with Gasteiger partial charge in [-0.1, -0.05) is 49.0 Å². The first-order valence-electron chi connectivity index (χ1n) is 6.97. The van der Waals surface area contributed by atoms with Crippen LogP contribution in [0.25, 0.3) is 0 Å². The van der Waals surface area contributed by atoms with Crippen LogP contribution in [0.2, 0.25) is 0 Å². The van der Waals surface area contributed by atoms with Crippen molar-refractivity contribution in [2.24, 2.45) is 0 Å². The number of carbonyl (C=O) groups is 1. The minimum atomic E-state index is -0.494. The number of H-pyrrole nitrogens is 1. The molecule has 1 aromatic carbocycles. The number of nitrogens with zero attached hydrogens (tertiary/aromatic N) is 1. The first-order valence-corrected chi connectivity index (χ1v) is 7.85. The van der Waals surface area contributed by atoms with Crippen molar-refractivity contribution < 1.29 is 9.53 Å². The van der Waals surface area contributed by atoms with Crippen LogP contribution in [-0.4, -0.2) is 23.0 Å². The predicted octanol–water partition coefficient (Wildman–Crippen LogP) is 3.11. The fourth-order valence-electron chi connectivity index (χ4n) is 2.18. The zero-order valence-electron chi connectivity index (χ0n) is 12.8. The number of aromatic amines is 1. The van der Waals surface area contributed by atoms with Crippen LogP contribution in [0.15, 0.2) is 40.2 Å². The lowest BCUT2D eigenvalue weighted by Gasteiger charge is -2.16. The summed E-state index contributed by atoms with van der Waals surface area (Å²) in [4.78, 5) is 30.1. The minimum Gasteiger partial charge on any atom is -0.465 e. The molecule has 1 atom stereocenters. The van der Waals surface area contributed by atoms with Gasteiger partial charge in [-0.3, -0.25) is 0 Å². The van der Waals surface area contributed by atoms with Crippen molar-refractivity contribution in [3.05, 3.63) is 57.6 Å². The van der Waals surface area contributed by atoms with E-state index in [9.17, 15) is 9.59 Å². The van der Waals surface area contributed by atoms with E-state index in [0.717, 1.165) is 12.0 Å². The molecule has 0 saturated heterocycles. The van der Waals surface area contributed by atoms with Crippen LogP contribution < -0.4 is 5.69 Å². The molecule has 2 rings (SSSR count). The maximum absolute atomic E-state index is 12.0. The van der Waals surface area contributed by atoms with Crippen molar-refractivity contribution in [1.82, 2.24) is 9.97 Å². The Kier molecular flexibility index (Phi) is 5.38. The van der Waals surface area contributed by atoms with Crippen LogP contribution in [0.1, 0.15) is 40.2 Å². The molecule has 0 aliphatic heterocycles. The number of hydrogen-bond acceptors (Lipinski definition) is 5. The number of methoxy groups -OCH3 is 1. The fourth-order valence-corrected chi connectivity index (χ4v) is 3.40. The molecule has 0 bridgehead atoms. The zero-order valence-corrected chi connectivity index (χ0v) is 13.6. The third-order valence-corrected chi connectivity index (χ3v) is 4.68. The second-order valence-corrected chi connectivity index (χ2v) is 5.96. The molecule has 1 N–H and O–H groups in total. The third-order valence-electron chi connectivity index (χ3n) is 3.27. The first-order chi connectivity index (χ1) is 10.6. The number of ether oxygens (including phenoxy) is 1. The number of carbonyl (C=O) groups excluding carboxylic acids is 1. The summed E-state index contributed by atoms with van der Waals surface area (Å²) in [7, 11) is 1.32. The van der Waals surface area contributed by atoms with Crippen LogP contribution in [0.3, 0.4) is 0 Å². The average molecular weight is 318 g/mol. The van der Waals surface area contributed by atoms with Gasteiger partial charge in [0.2, 0.25) is 0 Å². The summed E-state index contributed by atoms with van der Waals surface area (Å²) in [5, 5.41) is 0.516. The topological polar surface area (TPSA) is 72.0 Å². The number of aryl methyl sites for hydroxylation is 1. The van der Waals surface area contributed by atoms with Crippen molar-refractivity contribution in [1.29, 1.82) is 0 Å². The van der Waals surface area contributed by atoms with Gasteiger partial charge in [0.1, 0.15) is 10.6 Å². The summed E-state index contributed by atoms with van der Waals surface area (Å²) in [6.07, 6.45) is 0.850. The first kappa shape index (κ1) is 16.3. The number of esters is 1. The van der Waals surface area contributed by atoms with Gasteiger partial charge >= 0.3 is 11.7 Å². The molecular weight excluding hydrogens is 300 g/mol. The Balaban J connectivity index is 2.43. The Labute approximate surface area is 133 Å². The smallest absolute Gasteiger partial charge is 0.346 e. The summed E-state index contributed by atoms with van der Waals surface area (Å²) in [6.45, 7) is 3.73. The molecule has 0 fully saturated rings. The van der Waals surface area contributed by atoms with Gasteiger partial charge in [-0.2, -0.15) is 4.98 Å². The largest absolute Gasteiger partial charge is 0.465 e. The molecule has 0 saturated carbocycles. The van der Waals surface area contributed by atoms with E-state index in [-0.39, 0.29) is 5.25 Å². The summed E-state index contributed by atoms with van der Waals surface area (Å²) < 4.78 is 4.80. The molecule has 0 aliphatic carbocycles. The van der Waals surface area contributed by atoms with Crippen LogP contribution in [0.5, 0.6) is 0 Å². The van der Waals surface area contributed by atoms with E-state index in [1.807, 2.05) is 30.3 Å². The molecule has 2 aromatic rings. The van der Waals surface area contributed by atoms with Crippen LogP contribution in [0, 0.1) is 6.92 Å². The molecule has 116 valence electrons. The molecule has 0 radical (unpaired) electrons. The number of hydrogen-bond donors (Lipinski definition) is 1. The highest BCUT2D eigenvalue weighted by Gasteiger charge is 2.22. The van der Waals surface area contributed by atoms with Crippen molar-refractivity contribution in [2.45, 2.75) is 30.5 Å². The van der Waals surface area contributed by atoms with Gasteiger partial charge in [-0.05, 0) is 18.9 Å². The highest BCUT2D eigenvalue weighted by atomic mass is 32.2. The van der Waals surface area contributed by atoms with Crippen molar-refractivity contribution >= 4 is 17.7 Å². The van der Waals surface area contributed by atoms with Crippen molar-refractivity contribution in [2.75, 3.05) is 7.11 Å². The van der Waals surface area contributed by atoms with Crippen LogP contribution in [0.4, 0.5) is 0 Å². The average Bonchev–Trinajstić information content (AvgIpc) is 2.52. The van der Waals surface area contributed by atoms with Gasteiger partial charge in [0, 0.05) is 10.9 Å². The third kappa shape index (κ3) is 3.57. The number of rotatable bonds is 5. The lowest BCUT2D eigenvalue weighted by atomic mass is 10.1. The quantitative estimate of drug-likeness (QED) is 0.521. The summed E-state index contributed by atoms with van der Waals surface area (Å²) in [6, 6.07) is 9.95. The molecule has 5 nitrogen and oxygen atoms in total. The van der Waals surface area contributed by atoms with E-state index in [1.165, 1.54) is 18.9 Å². The maximum atomic E-state index is 12.0. The van der Waals surface area contributed by atoms with Crippen molar-refractivity contribution in [3.63, 3.8) is 0 Å². The van der Waals surface area contributed by atoms with Gasteiger partial charge in [0.05, 0.1) is 7.11 Å². The number of nitrogens with one attached hydrogen (secondary N) is 1. The Morgan fingerprint density at radius 2 is 2.05 bits per heavy atom. The van der Waals surface area contributed by atoms with Crippen LogP contribution >= 0.6 is 11.8 Å². The molecule has 0 amide bonds. The second-order valence-electron chi connectivity index (χ2n) is 4.76.